The van der Waals surface area contributed by atoms with Crippen LogP contribution in [-0.4, -0.2) is 37.5 Å². The monoisotopic (exact) mass is 294 g/mol. The Hall–Kier alpha value is -0.710. The lowest BCUT2D eigenvalue weighted by Crippen LogP contribution is -2.52. The van der Waals surface area contributed by atoms with Gasteiger partial charge in [0.05, 0.1) is 0 Å². The Balaban J connectivity index is 5.13. The quantitative estimate of drug-likeness (QED) is 0.699. The van der Waals surface area contributed by atoms with Gasteiger partial charge in [-0.3, -0.25) is 9.47 Å². The maximum atomic E-state index is 12.7. The largest absolute Gasteiger partial charge is 0.423 e. The molecule has 18 heavy (non-hydrogen) atoms. The molecule has 110 valence electrons. The van der Waals surface area contributed by atoms with Gasteiger partial charge in [-0.25, -0.2) is 8.78 Å². The van der Waals surface area contributed by atoms with E-state index in [4.69, 9.17) is 0 Å². The lowest BCUT2D eigenvalue weighted by Gasteiger charge is -2.30. The first-order chi connectivity index (χ1) is 7.82. The Bertz CT molecular complexity index is 262. The van der Waals surface area contributed by atoms with Crippen molar-refractivity contribution in [1.82, 2.24) is 0 Å². The normalized spacial score (nSPS) is 17.7. The molecule has 0 spiro atoms. The first kappa shape index (κ1) is 17.3. The van der Waals surface area contributed by atoms with Gasteiger partial charge in [0.25, 0.3) is 0 Å². The second-order valence-corrected chi connectivity index (χ2v) is 3.03. The summed E-state index contributed by atoms with van der Waals surface area (Å²) in [6.07, 6.45) is -23.9. The Morgan fingerprint density at radius 2 is 1.39 bits per heavy atom. The van der Waals surface area contributed by atoms with Gasteiger partial charge in [-0.15, -0.1) is 0 Å². The zero-order valence-corrected chi connectivity index (χ0v) is 8.58. The van der Waals surface area contributed by atoms with Gasteiger partial charge in [-0.2, -0.15) is 30.7 Å². The summed E-state index contributed by atoms with van der Waals surface area (Å²) < 4.78 is 115. The number of rotatable bonds is 6. The van der Waals surface area contributed by atoms with Crippen LogP contribution in [-0.2, 0) is 9.47 Å². The van der Waals surface area contributed by atoms with Gasteiger partial charge in [-0.1, -0.05) is 0 Å². The molecule has 0 aliphatic carbocycles. The van der Waals surface area contributed by atoms with Crippen LogP contribution in [0.15, 0.2) is 0 Å². The van der Waals surface area contributed by atoms with E-state index in [0.717, 1.165) is 0 Å². The minimum atomic E-state index is -6.02. The molecule has 0 aromatic rings. The summed E-state index contributed by atoms with van der Waals surface area (Å²) >= 11 is 0. The third-order valence-electron chi connectivity index (χ3n) is 1.37. The molecule has 0 heterocycles. The summed E-state index contributed by atoms with van der Waals surface area (Å²) in [4.78, 5) is 0. The summed E-state index contributed by atoms with van der Waals surface area (Å²) in [6.45, 7) is -2.46. The fraction of sp³-hybridized carbons (Fsp3) is 1.00. The topological polar surface area (TPSA) is 18.5 Å². The van der Waals surface area contributed by atoms with Crippen molar-refractivity contribution < 1.29 is 49.0 Å². The van der Waals surface area contributed by atoms with Gasteiger partial charge in [0, 0.05) is 0 Å². The van der Waals surface area contributed by atoms with Crippen LogP contribution < -0.4 is 0 Å². The third-order valence-corrected chi connectivity index (χ3v) is 1.37. The Kier molecular flexibility index (Phi) is 5.29. The lowest BCUT2D eigenvalue weighted by molar-refractivity contribution is -0.424. The Morgan fingerprint density at radius 3 is 1.67 bits per heavy atom. The molecule has 0 fully saturated rings. The zero-order chi connectivity index (χ0) is 14.8. The van der Waals surface area contributed by atoms with Crippen molar-refractivity contribution in [2.24, 2.45) is 0 Å². The average Bonchev–Trinajstić information content (AvgIpc) is 2.10. The molecule has 0 aliphatic rings. The zero-order valence-electron chi connectivity index (χ0n) is 8.58. The van der Waals surface area contributed by atoms with Crippen molar-refractivity contribution >= 4 is 0 Å². The molecule has 0 rings (SSSR count). The minimum Gasteiger partial charge on any atom is -0.296 e. The smallest absolute Gasteiger partial charge is 0.296 e. The van der Waals surface area contributed by atoms with E-state index in [1.807, 2.05) is 0 Å². The number of hydrogen-bond acceptors (Lipinski definition) is 2. The summed E-state index contributed by atoms with van der Waals surface area (Å²) in [7, 11) is 0. The van der Waals surface area contributed by atoms with Crippen LogP contribution in [0, 0.1) is 0 Å². The standard InChI is InChI=1S/C7H7F9O2/c1-3(9)17-7(15,16)4(6(12,13)14)18-5(10,11)2-8/h3-4H,2H2,1H3. The van der Waals surface area contributed by atoms with Crippen LogP contribution in [0.5, 0.6) is 0 Å². The summed E-state index contributed by atoms with van der Waals surface area (Å²) in [5.41, 5.74) is 0. The molecule has 0 amide bonds. The molecule has 2 unspecified atom stereocenters. The van der Waals surface area contributed by atoms with Crippen molar-refractivity contribution in [3.8, 4) is 0 Å². The van der Waals surface area contributed by atoms with E-state index in [1.54, 1.807) is 0 Å². The number of ether oxygens (including phenoxy) is 2. The number of alkyl halides is 9. The second kappa shape index (κ2) is 5.51. The summed E-state index contributed by atoms with van der Waals surface area (Å²) in [5.74, 6) is 0. The average molecular weight is 294 g/mol. The highest BCUT2D eigenvalue weighted by atomic mass is 19.4. The first-order valence-corrected chi connectivity index (χ1v) is 4.20. The lowest BCUT2D eigenvalue weighted by atomic mass is 10.3. The predicted molar refractivity (Wildman–Crippen MR) is 38.5 cm³/mol. The van der Waals surface area contributed by atoms with Crippen molar-refractivity contribution in [2.75, 3.05) is 6.67 Å². The Labute approximate surface area is 94.6 Å². The van der Waals surface area contributed by atoms with Gasteiger partial charge >= 0.3 is 18.4 Å². The van der Waals surface area contributed by atoms with Crippen molar-refractivity contribution in [1.29, 1.82) is 0 Å². The van der Waals surface area contributed by atoms with E-state index in [-0.39, 0.29) is 0 Å². The molecule has 0 aliphatic heterocycles. The Morgan fingerprint density at radius 1 is 0.944 bits per heavy atom. The van der Waals surface area contributed by atoms with Crippen LogP contribution in [0.4, 0.5) is 39.5 Å². The van der Waals surface area contributed by atoms with Crippen molar-refractivity contribution in [3.63, 3.8) is 0 Å². The molecule has 0 aromatic heterocycles. The van der Waals surface area contributed by atoms with Gasteiger partial charge in [0.15, 0.2) is 6.67 Å². The molecule has 0 N–H and O–H groups in total. The van der Waals surface area contributed by atoms with Crippen LogP contribution in [0.3, 0.4) is 0 Å². The molecule has 2 nitrogen and oxygen atoms in total. The highest BCUT2D eigenvalue weighted by Crippen LogP contribution is 2.39. The maximum absolute atomic E-state index is 12.7. The molecule has 11 heteroatoms. The van der Waals surface area contributed by atoms with Gasteiger partial charge in [-0.05, 0) is 6.92 Å². The van der Waals surface area contributed by atoms with E-state index >= 15 is 0 Å². The van der Waals surface area contributed by atoms with Crippen molar-refractivity contribution in [3.05, 3.63) is 0 Å². The fourth-order valence-electron chi connectivity index (χ4n) is 0.808. The first-order valence-electron chi connectivity index (χ1n) is 4.20. The minimum absolute atomic E-state index is 0.300. The van der Waals surface area contributed by atoms with Gasteiger partial charge < -0.3 is 0 Å². The maximum Gasteiger partial charge on any atom is 0.423 e. The number of hydrogen-bond donors (Lipinski definition) is 0. The predicted octanol–water partition coefficient (Wildman–Crippen LogP) is 3.42. The SMILES string of the molecule is CC(F)OC(F)(F)C(OC(F)(F)CF)C(F)(F)F. The molecule has 2 atom stereocenters. The van der Waals surface area contributed by atoms with E-state index < -0.39 is 37.5 Å². The summed E-state index contributed by atoms with van der Waals surface area (Å²) in [6, 6.07) is 0. The van der Waals surface area contributed by atoms with E-state index in [0.29, 0.717) is 6.92 Å². The molecule has 0 bridgehead atoms. The second-order valence-electron chi connectivity index (χ2n) is 3.03. The third kappa shape index (κ3) is 5.29. The summed E-state index contributed by atoms with van der Waals surface area (Å²) in [5, 5.41) is 0. The number of halogens is 9. The van der Waals surface area contributed by atoms with Crippen LogP contribution >= 0.6 is 0 Å². The van der Waals surface area contributed by atoms with E-state index in [2.05, 4.69) is 9.47 Å². The van der Waals surface area contributed by atoms with E-state index in [1.165, 1.54) is 0 Å². The molecule has 0 saturated heterocycles. The van der Waals surface area contributed by atoms with Crippen molar-refractivity contribution in [2.45, 2.75) is 37.8 Å². The molecule has 0 aromatic carbocycles. The molecule has 0 radical (unpaired) electrons. The molecule has 0 saturated carbocycles. The van der Waals surface area contributed by atoms with Gasteiger partial charge in [0.2, 0.25) is 12.5 Å². The molecular weight excluding hydrogens is 287 g/mol. The van der Waals surface area contributed by atoms with Crippen LogP contribution in [0.1, 0.15) is 6.92 Å². The van der Waals surface area contributed by atoms with E-state index in [9.17, 15) is 39.5 Å². The van der Waals surface area contributed by atoms with Gasteiger partial charge in [0.1, 0.15) is 0 Å². The molecular formula is C7H7F9O2. The van der Waals surface area contributed by atoms with Crippen LogP contribution in [0.25, 0.3) is 0 Å². The highest BCUT2D eigenvalue weighted by molar-refractivity contribution is 4.79. The highest BCUT2D eigenvalue weighted by Gasteiger charge is 2.62. The van der Waals surface area contributed by atoms with Crippen LogP contribution in [0.2, 0.25) is 0 Å². The fourth-order valence-corrected chi connectivity index (χ4v) is 0.808.